The second kappa shape index (κ2) is 37.8. The largest absolute Gasteiger partial charge is 0 e. The zero-order chi connectivity index (χ0) is 65.8. The van der Waals surface area contributed by atoms with E-state index in [1.807, 2.05) is 24.7 Å². The van der Waals surface area contributed by atoms with E-state index in [1.54, 1.807) is 6.20 Å². The molecular weight excluding hydrogens is 1530 g/mol. The molecule has 0 fully saturated rings. The molecule has 4 heterocycles. The molecule has 1 N–H and O–H groups in total. The number of carbonyl (C=O) groups excluding carboxylic acids is 1. The molecule has 0 saturated carbocycles. The maximum atomic E-state index is 10.0. The normalized spacial score (nSPS) is 12.1. The number of hydrogen-bond acceptors (Lipinski definition) is 6. The Morgan fingerprint density at radius 2 is 0.761 bits per heavy atom. The first kappa shape index (κ1) is 77.7. The fourth-order valence-electron chi connectivity index (χ4n) is 11.0. The molecule has 4 aromatic heterocycles. The average molecular weight is 1620 g/mol. The third-order valence-electron chi connectivity index (χ3n) is 16.6. The summed E-state index contributed by atoms with van der Waals surface area (Å²) in [5.41, 5.74) is 19.4. The van der Waals surface area contributed by atoms with Gasteiger partial charge in [-0.05, 0) is 192 Å². The maximum absolute atomic E-state index is 10.0. The number of pyridine rings is 4. The van der Waals surface area contributed by atoms with E-state index in [0.29, 0.717) is 28.8 Å². The molecule has 4 unspecified atom stereocenters. The molecule has 92 heavy (non-hydrogen) atoms. The maximum Gasteiger partial charge on any atom is 0 e. The molecule has 11 aromatic rings. The van der Waals surface area contributed by atoms with E-state index in [9.17, 15) is 4.79 Å². The number of carbonyl (C=O) groups is 1. The van der Waals surface area contributed by atoms with Gasteiger partial charge in [0.25, 0.3) is 0 Å². The molecule has 11 rings (SSSR count). The number of rotatable bonds is 12. The van der Waals surface area contributed by atoms with Crippen LogP contribution in [0, 0.1) is 61.1 Å². The monoisotopic (exact) mass is 1620 g/mol. The number of aryl methyl sites for hydroxylation is 6. The van der Waals surface area contributed by atoms with Crippen molar-refractivity contribution in [2.45, 2.75) is 160 Å². The molecule has 0 aliphatic rings. The summed E-state index contributed by atoms with van der Waals surface area (Å²) >= 11 is 7.54. The van der Waals surface area contributed by atoms with Crippen LogP contribution in [0.1, 0.15) is 174 Å². The van der Waals surface area contributed by atoms with E-state index in [1.165, 1.54) is 120 Å². The van der Waals surface area contributed by atoms with Crippen molar-refractivity contribution in [2.24, 2.45) is 0 Å². The number of halogens is 2. The average Bonchev–Trinajstić information content (AvgIpc) is 0.831. The minimum Gasteiger partial charge on any atom is 0 e. The second-order valence-corrected chi connectivity index (χ2v) is 24.4. The van der Waals surface area contributed by atoms with Gasteiger partial charge in [0.05, 0.1) is 11.5 Å². The first-order chi connectivity index (χ1) is 43.1. The Morgan fingerprint density at radius 1 is 0.457 bits per heavy atom. The van der Waals surface area contributed by atoms with Crippen molar-refractivity contribution in [1.82, 2.24) is 19.9 Å². The number of nitrogens with zero attached hydrogens (tertiary/aromatic N) is 4. The van der Waals surface area contributed by atoms with Gasteiger partial charge in [0.15, 0.2) is 5.78 Å². The van der Waals surface area contributed by atoms with E-state index in [0.717, 1.165) is 75.8 Å². The Hall–Kier alpha value is -6.73. The standard InChI is InChI=1S/C21H23N.2C21H22N.C13H14ClN.C5H8O2.CH3.ClH.2Ir/c3*1-5-16(4)18-7-6-17-8-9-22-21(20(17)13-18)19-11-14(2)10-15(3)12-19;1-3-9(2)11-5-4-10-6-7-15-13(14)12(10)8-11;1-4(6)3-5(2)7;;;;/h6-13,16H,5H2,1-4H3;2*6-11,13,16H,5H2,1-4H3;4-9H,3H2,1-2H3;3,6H,1-2H3;1H3;1H;;/q;2*-1;;;-1;;;+3/p-1. The van der Waals surface area contributed by atoms with Crippen LogP contribution >= 0.6 is 21.2 Å². The summed E-state index contributed by atoms with van der Waals surface area (Å²) in [6, 6.07) is 57.2. The van der Waals surface area contributed by atoms with Crippen LogP contribution in [-0.2, 0) is 42.8 Å². The van der Waals surface area contributed by atoms with E-state index < -0.39 is 0 Å². The Labute approximate surface area is 583 Å². The van der Waals surface area contributed by atoms with Gasteiger partial charge in [-0.2, -0.15) is 0 Å². The van der Waals surface area contributed by atoms with Crippen LogP contribution in [0.3, 0.4) is 0 Å². The Bertz CT molecular complexity index is 3840. The summed E-state index contributed by atoms with van der Waals surface area (Å²) in [6.45, 7) is 33.5. The van der Waals surface area contributed by atoms with Crippen LogP contribution < -0.4 is 0 Å². The number of allylic oxidation sites excluding steroid dienone is 2. The molecule has 0 spiro atoms. The summed E-state index contributed by atoms with van der Waals surface area (Å²) in [5, 5.41) is 18.6. The zero-order valence-corrected chi connectivity index (χ0v) is 63.2. The first-order valence-electron chi connectivity index (χ1n) is 31.4. The summed E-state index contributed by atoms with van der Waals surface area (Å²) in [6.07, 6.45) is 13.2. The predicted octanol–water partition coefficient (Wildman–Crippen LogP) is 24.3. The fourth-order valence-corrected chi connectivity index (χ4v) is 11.2. The van der Waals surface area contributed by atoms with Crippen molar-refractivity contribution >= 4 is 70.1 Å². The predicted molar refractivity (Wildman–Crippen MR) is 389 cm³/mol. The van der Waals surface area contributed by atoms with Crippen LogP contribution in [0.15, 0.2) is 176 Å². The van der Waals surface area contributed by atoms with Gasteiger partial charge in [0.1, 0.15) is 5.15 Å². The van der Waals surface area contributed by atoms with Gasteiger partial charge >= 0.3 is 27.5 Å². The molecule has 0 aliphatic carbocycles. The minimum absolute atomic E-state index is 0. The molecule has 7 aromatic carbocycles. The molecule has 4 atom stereocenters. The number of fused-ring (bicyclic) bond motifs is 4. The van der Waals surface area contributed by atoms with Crippen molar-refractivity contribution < 1.29 is 47.9 Å². The third kappa shape index (κ3) is 21.7. The van der Waals surface area contributed by atoms with Crippen molar-refractivity contribution in [3.8, 4) is 33.8 Å². The number of aliphatic hydroxyl groups excluding tert-OH is 1. The summed E-state index contributed by atoms with van der Waals surface area (Å²) in [5.74, 6) is 2.23. The number of ketones is 1. The van der Waals surface area contributed by atoms with Crippen molar-refractivity contribution in [3.63, 3.8) is 0 Å². The van der Waals surface area contributed by atoms with Gasteiger partial charge in [-0.1, -0.05) is 173 Å². The third-order valence-corrected chi connectivity index (χ3v) is 16.9. The van der Waals surface area contributed by atoms with Crippen molar-refractivity contribution in [2.75, 3.05) is 0 Å². The summed E-state index contributed by atoms with van der Waals surface area (Å²) in [7, 11) is 4.64. The fraction of sp³-hybridized carbons (Fsp3) is 0.293. The van der Waals surface area contributed by atoms with E-state index >= 15 is 0 Å². The van der Waals surface area contributed by atoms with Gasteiger partial charge in [-0.3, -0.25) is 9.78 Å². The zero-order valence-electron chi connectivity index (χ0n) is 56.9. The van der Waals surface area contributed by atoms with Crippen LogP contribution in [0.2, 0.25) is 5.15 Å². The first-order valence-corrected chi connectivity index (χ1v) is 34.8. The molecule has 6 nitrogen and oxygen atoms in total. The molecule has 0 amide bonds. The SMILES string of the molecule is CC(=O)C=C(C)O.CCC(C)c1ccc2ccnc(-c3[c-]c(C)cc(C)c3)c2c1.CCC(C)c1ccc2ccnc(-c3[c-]c(C)cc(C)c3)c2c1.CCC(C)c1ccc2ccnc(-c3cc(C)cc(C)c3)c2c1.CCC(C)c1ccc2ccnc(Cl)c2c1.[CH3-].[Cl][Ir+2].[Ir]. The van der Waals surface area contributed by atoms with Gasteiger partial charge in [-0.15, -0.1) is 69.8 Å². The smallest absolute Gasteiger partial charge is 0 e. The number of aromatic nitrogens is 4. The number of aliphatic hydroxyl groups is 1. The number of benzene rings is 7. The summed E-state index contributed by atoms with van der Waals surface area (Å²) in [4.78, 5) is 28.1. The molecule has 485 valence electrons. The van der Waals surface area contributed by atoms with Crippen LogP contribution in [0.4, 0.5) is 0 Å². The molecule has 10 heteroatoms. The minimum atomic E-state index is -0.125. The van der Waals surface area contributed by atoms with E-state index in [4.69, 9.17) is 16.7 Å². The topological polar surface area (TPSA) is 88.9 Å². The van der Waals surface area contributed by atoms with Crippen LogP contribution in [-0.4, -0.2) is 30.8 Å². The molecule has 0 aliphatic heterocycles. The molecule has 0 saturated heterocycles. The van der Waals surface area contributed by atoms with Crippen LogP contribution in [0.5, 0.6) is 0 Å². The quantitative estimate of drug-likeness (QED) is 0.0567. The molecule has 0 bridgehead atoms. The van der Waals surface area contributed by atoms with Crippen molar-refractivity contribution in [3.05, 3.63) is 256 Å². The molecule has 1 radical (unpaired) electrons. The van der Waals surface area contributed by atoms with Gasteiger partial charge < -0.3 is 22.5 Å². The van der Waals surface area contributed by atoms with Gasteiger partial charge in [0, 0.05) is 67.3 Å². The van der Waals surface area contributed by atoms with Crippen LogP contribution in [0.25, 0.3) is 76.9 Å². The summed E-state index contributed by atoms with van der Waals surface area (Å²) < 4.78 is 0. The molecular formula is C82H92Cl2Ir2N4O2-. The van der Waals surface area contributed by atoms with Gasteiger partial charge in [0.2, 0.25) is 0 Å². The van der Waals surface area contributed by atoms with E-state index in [-0.39, 0.29) is 39.1 Å². The second-order valence-electron chi connectivity index (χ2n) is 24.0. The van der Waals surface area contributed by atoms with Crippen molar-refractivity contribution in [1.29, 1.82) is 0 Å². The Morgan fingerprint density at radius 3 is 1.08 bits per heavy atom. The van der Waals surface area contributed by atoms with Gasteiger partial charge in [-0.25, -0.2) is 4.98 Å². The van der Waals surface area contributed by atoms with E-state index in [2.05, 4.69) is 272 Å². The Balaban J connectivity index is 0.000000250. The Kier molecular flexibility index (Phi) is 32.0. The number of hydrogen-bond donors (Lipinski definition) is 1.